The Morgan fingerprint density at radius 1 is 0.878 bits per heavy atom. The van der Waals surface area contributed by atoms with E-state index < -0.39 is 47.1 Å². The fraction of sp³-hybridized carbons (Fsp3) is 0.200. The van der Waals surface area contributed by atoms with Crippen molar-refractivity contribution < 1.29 is 33.7 Å². The van der Waals surface area contributed by atoms with Crippen LogP contribution in [0.15, 0.2) is 71.6 Å². The van der Waals surface area contributed by atoms with Gasteiger partial charge in [0.05, 0.1) is 28.4 Å². The molecule has 13 nitrogen and oxygen atoms in total. The fourth-order valence-corrected chi connectivity index (χ4v) is 6.75. The van der Waals surface area contributed by atoms with Gasteiger partial charge in [-0.15, -0.1) is 4.73 Å². The van der Waals surface area contributed by atoms with Gasteiger partial charge in [-0.2, -0.15) is 21.8 Å². The molecule has 0 fully saturated rings. The molecule has 2 N–H and O–H groups in total. The zero-order valence-corrected chi connectivity index (χ0v) is 24.4. The van der Waals surface area contributed by atoms with Gasteiger partial charge in [0.1, 0.15) is 27.6 Å². The number of nitrogens with two attached hydrogens (primary N) is 1. The molecule has 41 heavy (non-hydrogen) atoms. The topological polar surface area (TPSA) is 182 Å². The predicted octanol–water partition coefficient (Wildman–Crippen LogP) is 2.41. The van der Waals surface area contributed by atoms with Gasteiger partial charge in [-0.3, -0.25) is 8.68 Å². The minimum atomic E-state index is -4.62. The van der Waals surface area contributed by atoms with Gasteiger partial charge < -0.3 is 9.92 Å². The van der Waals surface area contributed by atoms with Crippen LogP contribution in [0.2, 0.25) is 0 Å². The van der Waals surface area contributed by atoms with Crippen LogP contribution in [0.3, 0.4) is 0 Å². The predicted molar refractivity (Wildman–Crippen MR) is 152 cm³/mol. The molecule has 16 heteroatoms. The summed E-state index contributed by atoms with van der Waals surface area (Å²) in [5.74, 6) is -1.05. The first-order valence-electron chi connectivity index (χ1n) is 12.1. The van der Waals surface area contributed by atoms with E-state index in [-0.39, 0.29) is 38.8 Å². The molecule has 0 aliphatic heterocycles. The quantitative estimate of drug-likeness (QED) is 0.239. The Labute approximate surface area is 236 Å². The van der Waals surface area contributed by atoms with Gasteiger partial charge in [-0.25, -0.2) is 13.4 Å². The van der Waals surface area contributed by atoms with Gasteiger partial charge in [-0.1, -0.05) is 42.5 Å². The summed E-state index contributed by atoms with van der Waals surface area (Å²) in [5, 5.41) is -0.794. The maximum Gasteiger partial charge on any atom is 0.349 e. The number of hydrogen-bond donors (Lipinski definition) is 1. The molecule has 3 aromatic heterocycles. The van der Waals surface area contributed by atoms with Crippen LogP contribution in [0.25, 0.3) is 27.9 Å². The first-order valence-corrected chi connectivity index (χ1v) is 17.0. The Hall–Kier alpha value is -4.15. The van der Waals surface area contributed by atoms with E-state index in [2.05, 4.69) is 9.97 Å². The molecule has 5 aromatic rings. The van der Waals surface area contributed by atoms with Crippen LogP contribution in [-0.4, -0.2) is 55.9 Å². The van der Waals surface area contributed by atoms with Crippen LogP contribution in [0.4, 0.5) is 5.82 Å². The Kier molecular flexibility index (Phi) is 6.95. The third kappa shape index (κ3) is 5.45. The van der Waals surface area contributed by atoms with Crippen LogP contribution >= 0.6 is 0 Å². The van der Waals surface area contributed by atoms with Crippen LogP contribution in [0, 0.1) is 0 Å². The number of nitrogen functional groups attached to an aromatic ring is 1. The molecule has 5 rings (SSSR count). The Morgan fingerprint density at radius 3 is 2.20 bits per heavy atom. The van der Waals surface area contributed by atoms with Gasteiger partial charge in [0, 0.05) is 5.56 Å². The van der Waals surface area contributed by atoms with Crippen molar-refractivity contribution in [2.24, 2.45) is 0 Å². The number of anilines is 1. The largest absolute Gasteiger partial charge is 0.384 e. The molecule has 216 valence electrons. The van der Waals surface area contributed by atoms with E-state index in [4.69, 9.17) is 14.2 Å². The molecule has 2 aromatic carbocycles. The van der Waals surface area contributed by atoms with Crippen LogP contribution in [0.5, 0.6) is 6.01 Å². The smallest absolute Gasteiger partial charge is 0.349 e. The normalized spacial score (nSPS) is 12.8. The SMILES string of the molecule is CC(C)S(=O)(=O)c1ccc2nc(-c3ccccc3)c(CS(=O)(=O)On3c(OS(C)(=O)=O)nc4ccccc43)n2c1N. The standard InChI is InChI=1S/C25H25N5O8S3/c1-16(2)41(35,36)21-13-14-22-28-23(17-9-5-4-6-10-17)20(29(22)24(21)26)15-40(33,34)38-30-19-12-8-7-11-18(19)27-25(30)37-39(3,31)32/h4-14,16H,15,26H2,1-3H3. The second kappa shape index (κ2) is 10.0. The van der Waals surface area contributed by atoms with Gasteiger partial charge in [0.2, 0.25) is 0 Å². The number of nitrogens with zero attached hydrogens (tertiary/aromatic N) is 4. The van der Waals surface area contributed by atoms with Crippen molar-refractivity contribution in [1.82, 2.24) is 19.1 Å². The van der Waals surface area contributed by atoms with Crippen LogP contribution in [0.1, 0.15) is 19.5 Å². The maximum atomic E-state index is 13.6. The van der Waals surface area contributed by atoms with Gasteiger partial charge in [-0.05, 0) is 38.1 Å². The fourth-order valence-electron chi connectivity index (χ4n) is 4.20. The van der Waals surface area contributed by atoms with Crippen molar-refractivity contribution in [3.05, 3.63) is 72.4 Å². The number of sulfone groups is 1. The molecule has 0 aliphatic carbocycles. The molecule has 0 radical (unpaired) electrons. The lowest BCUT2D eigenvalue weighted by Crippen LogP contribution is -2.24. The van der Waals surface area contributed by atoms with E-state index in [1.807, 2.05) is 0 Å². The molecule has 0 spiro atoms. The molecule has 0 atom stereocenters. The zero-order valence-electron chi connectivity index (χ0n) is 22.0. The lowest BCUT2D eigenvalue weighted by Gasteiger charge is -2.14. The van der Waals surface area contributed by atoms with Crippen molar-refractivity contribution in [3.63, 3.8) is 0 Å². The number of benzene rings is 2. The van der Waals surface area contributed by atoms with Gasteiger partial charge in [0.25, 0.3) is 0 Å². The molecule has 0 amide bonds. The molecule has 0 bridgehead atoms. The summed E-state index contributed by atoms with van der Waals surface area (Å²) < 4.78 is 89.1. The average molecular weight is 620 g/mol. The Morgan fingerprint density at radius 2 is 1.54 bits per heavy atom. The Bertz CT molecular complexity index is 2120. The van der Waals surface area contributed by atoms with Crippen molar-refractivity contribution in [2.75, 3.05) is 12.0 Å². The average Bonchev–Trinajstić information content (AvgIpc) is 3.41. The van der Waals surface area contributed by atoms with E-state index in [0.29, 0.717) is 10.3 Å². The second-order valence-electron chi connectivity index (χ2n) is 9.38. The van der Waals surface area contributed by atoms with E-state index >= 15 is 0 Å². The molecule has 0 aliphatic rings. The number of aromatic nitrogens is 4. The summed E-state index contributed by atoms with van der Waals surface area (Å²) in [4.78, 5) is 8.41. The summed E-state index contributed by atoms with van der Waals surface area (Å²) in [7, 11) is -12.6. The number of hydrogen-bond acceptors (Lipinski definition) is 11. The minimum absolute atomic E-state index is 0.0273. The summed E-state index contributed by atoms with van der Waals surface area (Å²) in [5.41, 5.74) is 7.72. The van der Waals surface area contributed by atoms with E-state index in [1.165, 1.54) is 42.5 Å². The van der Waals surface area contributed by atoms with Gasteiger partial charge >= 0.3 is 26.2 Å². The monoisotopic (exact) mass is 619 g/mol. The number of pyridine rings is 1. The van der Waals surface area contributed by atoms with Crippen molar-refractivity contribution >= 4 is 52.6 Å². The third-order valence-electron chi connectivity index (χ3n) is 6.07. The number of fused-ring (bicyclic) bond motifs is 2. The van der Waals surface area contributed by atoms with Crippen molar-refractivity contribution in [1.29, 1.82) is 0 Å². The van der Waals surface area contributed by atoms with Gasteiger partial charge in [0.15, 0.2) is 9.84 Å². The number of imidazole rings is 2. The molecule has 3 heterocycles. The molecule has 0 saturated heterocycles. The highest BCUT2D eigenvalue weighted by Gasteiger charge is 2.30. The highest BCUT2D eigenvalue weighted by atomic mass is 32.2. The van der Waals surface area contributed by atoms with E-state index in [1.54, 1.807) is 42.5 Å². The maximum absolute atomic E-state index is 13.6. The molecule has 0 saturated carbocycles. The molecular weight excluding hydrogens is 595 g/mol. The Balaban J connectivity index is 1.69. The van der Waals surface area contributed by atoms with Crippen molar-refractivity contribution in [3.8, 4) is 17.3 Å². The molecular formula is C25H25N5O8S3. The van der Waals surface area contributed by atoms with Crippen molar-refractivity contribution in [2.45, 2.75) is 29.7 Å². The summed E-state index contributed by atoms with van der Waals surface area (Å²) in [6.45, 7) is 3.01. The number of para-hydroxylation sites is 2. The minimum Gasteiger partial charge on any atom is -0.384 e. The highest BCUT2D eigenvalue weighted by Crippen LogP contribution is 2.32. The third-order valence-corrected chi connectivity index (χ3v) is 9.72. The summed E-state index contributed by atoms with van der Waals surface area (Å²) in [6.07, 6.45) is 0.779. The summed E-state index contributed by atoms with van der Waals surface area (Å²) >= 11 is 0. The van der Waals surface area contributed by atoms with Crippen LogP contribution < -0.4 is 14.2 Å². The van der Waals surface area contributed by atoms with E-state index in [0.717, 1.165) is 6.26 Å². The summed E-state index contributed by atoms with van der Waals surface area (Å²) in [6, 6.07) is 17.0. The van der Waals surface area contributed by atoms with Crippen LogP contribution in [-0.2, 0) is 35.8 Å². The second-order valence-corrected chi connectivity index (χ2v) is 15.0. The first-order chi connectivity index (χ1) is 19.2. The number of rotatable bonds is 9. The first kappa shape index (κ1) is 28.4. The highest BCUT2D eigenvalue weighted by molar-refractivity contribution is 7.92. The van der Waals surface area contributed by atoms with E-state index in [9.17, 15) is 25.3 Å². The zero-order chi connectivity index (χ0) is 29.7. The lowest BCUT2D eigenvalue weighted by molar-refractivity contribution is 0.259. The lowest BCUT2D eigenvalue weighted by atomic mass is 10.1. The molecule has 0 unspecified atom stereocenters.